The van der Waals surface area contributed by atoms with Crippen molar-refractivity contribution in [2.75, 3.05) is 0 Å². The molecule has 0 saturated carbocycles. The van der Waals surface area contributed by atoms with Crippen LogP contribution in [0, 0.1) is 6.92 Å². The van der Waals surface area contributed by atoms with Gasteiger partial charge in [-0.2, -0.15) is 0 Å². The van der Waals surface area contributed by atoms with Crippen LogP contribution in [0.15, 0.2) is 36.5 Å². The number of nitrogens with one attached hydrogen (secondary N) is 1. The van der Waals surface area contributed by atoms with Crippen LogP contribution in [0.5, 0.6) is 0 Å². The van der Waals surface area contributed by atoms with Crippen LogP contribution in [0.1, 0.15) is 51.8 Å². The number of aromatic nitrogens is 3. The molecule has 1 unspecified atom stereocenters. The second kappa shape index (κ2) is 6.29. The molecule has 1 aliphatic carbocycles. The van der Waals surface area contributed by atoms with E-state index in [-0.39, 0.29) is 11.9 Å². The minimum atomic E-state index is -0.0734. The summed E-state index contributed by atoms with van der Waals surface area (Å²) in [6.45, 7) is 2.41. The lowest BCUT2D eigenvalue weighted by molar-refractivity contribution is 0.0932. The standard InChI is InChI=1S/C19H21N5O/c1-12-22-23-18-8-6-15(11-24(12)18)19(25)21-17-4-2-3-14-9-13(10-20)5-7-16(14)17/h5-9,11,17H,2-4,10,20H2,1H3,(H,21,25). The fourth-order valence-corrected chi connectivity index (χ4v) is 3.53. The third kappa shape index (κ3) is 2.89. The molecule has 2 aromatic heterocycles. The van der Waals surface area contributed by atoms with Gasteiger partial charge in [-0.25, -0.2) is 0 Å². The number of hydrogen-bond donors (Lipinski definition) is 2. The minimum absolute atomic E-state index is 0.0424. The van der Waals surface area contributed by atoms with Crippen LogP contribution in [-0.2, 0) is 13.0 Å². The number of benzene rings is 1. The van der Waals surface area contributed by atoms with E-state index in [0.29, 0.717) is 12.1 Å². The Morgan fingerprint density at radius 2 is 2.20 bits per heavy atom. The second-order valence-corrected chi connectivity index (χ2v) is 6.55. The van der Waals surface area contributed by atoms with Crippen molar-refractivity contribution in [3.63, 3.8) is 0 Å². The van der Waals surface area contributed by atoms with Crippen LogP contribution >= 0.6 is 0 Å². The van der Waals surface area contributed by atoms with E-state index < -0.39 is 0 Å². The number of carbonyl (C=O) groups is 1. The third-order valence-electron chi connectivity index (χ3n) is 4.90. The number of aryl methyl sites for hydroxylation is 2. The maximum atomic E-state index is 12.7. The zero-order chi connectivity index (χ0) is 17.4. The molecule has 1 amide bonds. The number of hydrogen-bond acceptors (Lipinski definition) is 4. The summed E-state index contributed by atoms with van der Waals surface area (Å²) in [6.07, 6.45) is 4.85. The van der Waals surface area contributed by atoms with Gasteiger partial charge >= 0.3 is 0 Å². The molecule has 4 rings (SSSR count). The first-order valence-corrected chi connectivity index (χ1v) is 8.60. The van der Waals surface area contributed by atoms with Crippen LogP contribution in [0.25, 0.3) is 5.65 Å². The topological polar surface area (TPSA) is 85.3 Å². The Labute approximate surface area is 146 Å². The predicted molar refractivity (Wildman–Crippen MR) is 95.2 cm³/mol. The number of rotatable bonds is 3. The van der Waals surface area contributed by atoms with Crippen molar-refractivity contribution in [1.82, 2.24) is 19.9 Å². The molecule has 1 aromatic carbocycles. The number of nitrogens with zero attached hydrogens (tertiary/aromatic N) is 3. The van der Waals surface area contributed by atoms with Gasteiger partial charge in [0.15, 0.2) is 5.65 Å². The second-order valence-electron chi connectivity index (χ2n) is 6.55. The number of carbonyl (C=O) groups excluding carboxylic acids is 1. The van der Waals surface area contributed by atoms with Crippen molar-refractivity contribution >= 4 is 11.6 Å². The van der Waals surface area contributed by atoms with Crippen molar-refractivity contribution in [1.29, 1.82) is 0 Å². The van der Waals surface area contributed by atoms with Gasteiger partial charge in [0.25, 0.3) is 5.91 Å². The molecule has 6 heteroatoms. The number of amides is 1. The fraction of sp³-hybridized carbons (Fsp3) is 0.316. The maximum absolute atomic E-state index is 12.7. The van der Waals surface area contributed by atoms with Crippen LogP contribution in [0.2, 0.25) is 0 Å². The Morgan fingerprint density at radius 1 is 1.32 bits per heavy atom. The van der Waals surface area contributed by atoms with E-state index >= 15 is 0 Å². The first kappa shape index (κ1) is 15.8. The molecule has 0 radical (unpaired) electrons. The summed E-state index contributed by atoms with van der Waals surface area (Å²) < 4.78 is 1.83. The largest absolute Gasteiger partial charge is 0.345 e. The van der Waals surface area contributed by atoms with Crippen molar-refractivity contribution in [2.24, 2.45) is 5.73 Å². The van der Waals surface area contributed by atoms with Gasteiger partial charge in [0.05, 0.1) is 11.6 Å². The first-order chi connectivity index (χ1) is 12.2. The highest BCUT2D eigenvalue weighted by Gasteiger charge is 2.22. The van der Waals surface area contributed by atoms with Crippen LogP contribution in [0.3, 0.4) is 0 Å². The SMILES string of the molecule is Cc1nnc2ccc(C(=O)NC3CCCc4cc(CN)ccc43)cn12. The molecule has 25 heavy (non-hydrogen) atoms. The molecule has 1 atom stereocenters. The van der Waals surface area contributed by atoms with Gasteiger partial charge in [0.1, 0.15) is 5.82 Å². The average molecular weight is 335 g/mol. The summed E-state index contributed by atoms with van der Waals surface area (Å²) in [5.74, 6) is 0.692. The molecule has 1 aliphatic rings. The van der Waals surface area contributed by atoms with Gasteiger partial charge in [0, 0.05) is 12.7 Å². The molecule has 128 valence electrons. The number of fused-ring (bicyclic) bond motifs is 2. The van der Waals surface area contributed by atoms with E-state index in [1.807, 2.05) is 17.4 Å². The van der Waals surface area contributed by atoms with Crippen LogP contribution < -0.4 is 11.1 Å². The molecule has 0 aliphatic heterocycles. The average Bonchev–Trinajstić information content (AvgIpc) is 3.02. The molecule has 0 saturated heterocycles. The maximum Gasteiger partial charge on any atom is 0.253 e. The normalized spacial score (nSPS) is 16.6. The van der Waals surface area contributed by atoms with Crippen molar-refractivity contribution < 1.29 is 4.79 Å². The molecule has 3 aromatic rings. The zero-order valence-electron chi connectivity index (χ0n) is 14.2. The summed E-state index contributed by atoms with van der Waals surface area (Å²) in [7, 11) is 0. The predicted octanol–water partition coefficient (Wildman–Crippen LogP) is 2.30. The summed E-state index contributed by atoms with van der Waals surface area (Å²) in [6, 6.07) is 9.98. The number of pyridine rings is 1. The highest BCUT2D eigenvalue weighted by atomic mass is 16.1. The molecule has 6 nitrogen and oxygen atoms in total. The molecule has 0 spiro atoms. The third-order valence-corrected chi connectivity index (χ3v) is 4.90. The molecule has 3 N–H and O–H groups in total. The van der Waals surface area contributed by atoms with E-state index in [9.17, 15) is 4.79 Å². The van der Waals surface area contributed by atoms with E-state index in [4.69, 9.17) is 5.73 Å². The quantitative estimate of drug-likeness (QED) is 0.769. The summed E-state index contributed by atoms with van der Waals surface area (Å²) in [5, 5.41) is 11.3. The number of nitrogens with two attached hydrogens (primary N) is 1. The van der Waals surface area contributed by atoms with Crippen molar-refractivity contribution in [2.45, 2.75) is 38.8 Å². The van der Waals surface area contributed by atoms with Crippen LogP contribution in [0.4, 0.5) is 0 Å². The highest BCUT2D eigenvalue weighted by molar-refractivity contribution is 5.94. The molecular formula is C19H21N5O. The molecular weight excluding hydrogens is 314 g/mol. The Kier molecular flexibility index (Phi) is 3.97. The van der Waals surface area contributed by atoms with Crippen molar-refractivity contribution in [3.8, 4) is 0 Å². The van der Waals surface area contributed by atoms with E-state index in [1.54, 1.807) is 12.3 Å². The lowest BCUT2D eigenvalue weighted by Crippen LogP contribution is -2.31. The molecule has 0 bridgehead atoms. The van der Waals surface area contributed by atoms with Gasteiger partial charge in [-0.1, -0.05) is 18.2 Å². The van der Waals surface area contributed by atoms with Gasteiger partial charge in [-0.3, -0.25) is 9.20 Å². The zero-order valence-corrected chi connectivity index (χ0v) is 14.2. The fourth-order valence-electron chi connectivity index (χ4n) is 3.53. The van der Waals surface area contributed by atoms with Gasteiger partial charge in [-0.05, 0) is 55.0 Å². The highest BCUT2D eigenvalue weighted by Crippen LogP contribution is 2.30. The summed E-state index contributed by atoms with van der Waals surface area (Å²) in [4.78, 5) is 12.7. The Bertz CT molecular complexity index is 946. The smallest absolute Gasteiger partial charge is 0.253 e. The monoisotopic (exact) mass is 335 g/mol. The van der Waals surface area contributed by atoms with Gasteiger partial charge in [0.2, 0.25) is 0 Å². The Morgan fingerprint density at radius 3 is 3.04 bits per heavy atom. The lowest BCUT2D eigenvalue weighted by Gasteiger charge is -2.27. The molecule has 2 heterocycles. The molecule has 0 fully saturated rings. The Balaban J connectivity index is 1.59. The first-order valence-electron chi connectivity index (χ1n) is 8.60. The van der Waals surface area contributed by atoms with Crippen molar-refractivity contribution in [3.05, 3.63) is 64.6 Å². The van der Waals surface area contributed by atoms with Gasteiger partial charge < -0.3 is 11.1 Å². The summed E-state index contributed by atoms with van der Waals surface area (Å²) in [5.41, 5.74) is 10.7. The van der Waals surface area contributed by atoms with E-state index in [0.717, 1.165) is 36.3 Å². The Hall–Kier alpha value is -2.73. The minimum Gasteiger partial charge on any atom is -0.345 e. The summed E-state index contributed by atoms with van der Waals surface area (Å²) >= 11 is 0. The lowest BCUT2D eigenvalue weighted by atomic mass is 9.86. The van der Waals surface area contributed by atoms with Crippen LogP contribution in [-0.4, -0.2) is 20.5 Å². The van der Waals surface area contributed by atoms with E-state index in [1.165, 1.54) is 11.1 Å². The van der Waals surface area contributed by atoms with Gasteiger partial charge in [-0.15, -0.1) is 10.2 Å². The van der Waals surface area contributed by atoms with E-state index in [2.05, 4.69) is 33.7 Å².